The molecule has 0 amide bonds. The van der Waals surface area contributed by atoms with Gasteiger partial charge in [0.05, 0.1) is 31.6 Å². The SMILES string of the molecule is CCc1nnc(C)cc1C(N)c1cc(OC)cc(OC)c1. The third-order valence-electron chi connectivity index (χ3n) is 3.43. The summed E-state index contributed by atoms with van der Waals surface area (Å²) in [6, 6.07) is 7.36. The third kappa shape index (κ3) is 3.31. The number of nitrogens with two attached hydrogens (primary N) is 1. The smallest absolute Gasteiger partial charge is 0.122 e. The van der Waals surface area contributed by atoms with Crippen LogP contribution in [0.1, 0.15) is 35.5 Å². The van der Waals surface area contributed by atoms with Gasteiger partial charge in [-0.25, -0.2) is 0 Å². The average Bonchev–Trinajstić information content (AvgIpc) is 2.53. The van der Waals surface area contributed by atoms with Crippen LogP contribution < -0.4 is 15.2 Å². The van der Waals surface area contributed by atoms with E-state index in [9.17, 15) is 0 Å². The first-order valence-electron chi connectivity index (χ1n) is 6.90. The number of aromatic nitrogens is 2. The van der Waals surface area contributed by atoms with Crippen LogP contribution in [0.5, 0.6) is 11.5 Å². The van der Waals surface area contributed by atoms with Crippen molar-refractivity contribution in [3.63, 3.8) is 0 Å². The number of rotatable bonds is 5. The van der Waals surface area contributed by atoms with Crippen molar-refractivity contribution in [2.24, 2.45) is 5.73 Å². The standard InChI is InChI=1S/C16H21N3O2/c1-5-15-14(6-10(2)18-19-15)16(17)11-7-12(20-3)9-13(8-11)21-4/h6-9,16H,5,17H2,1-4H3. The summed E-state index contributed by atoms with van der Waals surface area (Å²) in [5.74, 6) is 1.44. The molecule has 0 saturated heterocycles. The molecule has 1 aromatic heterocycles. The van der Waals surface area contributed by atoms with Crippen LogP contribution in [0.15, 0.2) is 24.3 Å². The Kier molecular flexibility index (Phi) is 4.75. The molecule has 0 aliphatic carbocycles. The molecule has 0 fully saturated rings. The fourth-order valence-corrected chi connectivity index (χ4v) is 2.27. The van der Waals surface area contributed by atoms with Crippen LogP contribution in [0.3, 0.4) is 0 Å². The van der Waals surface area contributed by atoms with E-state index in [0.717, 1.165) is 40.4 Å². The summed E-state index contributed by atoms with van der Waals surface area (Å²) in [7, 11) is 3.25. The lowest BCUT2D eigenvalue weighted by Gasteiger charge is -2.17. The number of benzene rings is 1. The average molecular weight is 287 g/mol. The van der Waals surface area contributed by atoms with Crippen LogP contribution in [-0.2, 0) is 6.42 Å². The van der Waals surface area contributed by atoms with Crippen molar-refractivity contribution in [1.82, 2.24) is 10.2 Å². The van der Waals surface area contributed by atoms with Gasteiger partial charge in [-0.05, 0) is 42.7 Å². The van der Waals surface area contributed by atoms with Gasteiger partial charge in [0.1, 0.15) is 11.5 Å². The van der Waals surface area contributed by atoms with E-state index in [1.165, 1.54) is 0 Å². The summed E-state index contributed by atoms with van der Waals surface area (Å²) in [5, 5.41) is 8.34. The lowest BCUT2D eigenvalue weighted by atomic mass is 9.96. The highest BCUT2D eigenvalue weighted by Gasteiger charge is 2.16. The van der Waals surface area contributed by atoms with Gasteiger partial charge in [-0.1, -0.05) is 6.92 Å². The predicted molar refractivity (Wildman–Crippen MR) is 81.7 cm³/mol. The summed E-state index contributed by atoms with van der Waals surface area (Å²) in [6.45, 7) is 3.95. The maximum Gasteiger partial charge on any atom is 0.122 e. The minimum atomic E-state index is -0.293. The molecular formula is C16H21N3O2. The Labute approximate surface area is 125 Å². The van der Waals surface area contributed by atoms with Gasteiger partial charge in [0.25, 0.3) is 0 Å². The lowest BCUT2D eigenvalue weighted by Crippen LogP contribution is -2.16. The second-order valence-electron chi connectivity index (χ2n) is 4.86. The maximum absolute atomic E-state index is 6.43. The Hall–Kier alpha value is -2.14. The highest BCUT2D eigenvalue weighted by Crippen LogP contribution is 2.29. The number of ether oxygens (including phenoxy) is 2. The predicted octanol–water partition coefficient (Wildman–Crippen LogP) is 2.41. The Bertz CT molecular complexity index is 607. The van der Waals surface area contributed by atoms with E-state index >= 15 is 0 Å². The minimum Gasteiger partial charge on any atom is -0.497 e. The van der Waals surface area contributed by atoms with Crippen molar-refractivity contribution in [3.05, 3.63) is 46.8 Å². The van der Waals surface area contributed by atoms with Gasteiger partial charge in [-0.15, -0.1) is 0 Å². The van der Waals surface area contributed by atoms with Crippen LogP contribution in [0, 0.1) is 6.92 Å². The quantitative estimate of drug-likeness (QED) is 0.914. The van der Waals surface area contributed by atoms with E-state index < -0.39 is 0 Å². The molecule has 2 N–H and O–H groups in total. The molecule has 0 aliphatic rings. The molecule has 1 atom stereocenters. The molecule has 1 unspecified atom stereocenters. The van der Waals surface area contributed by atoms with Crippen LogP contribution in [0.2, 0.25) is 0 Å². The van der Waals surface area contributed by atoms with Crippen molar-refractivity contribution < 1.29 is 9.47 Å². The summed E-state index contributed by atoms with van der Waals surface area (Å²) in [5.41, 5.74) is 10.1. The molecule has 21 heavy (non-hydrogen) atoms. The summed E-state index contributed by atoms with van der Waals surface area (Å²) in [6.07, 6.45) is 0.789. The van der Waals surface area contributed by atoms with E-state index in [-0.39, 0.29) is 6.04 Å². The van der Waals surface area contributed by atoms with Crippen LogP contribution in [0.25, 0.3) is 0 Å². The molecule has 0 saturated carbocycles. The third-order valence-corrected chi connectivity index (χ3v) is 3.43. The normalized spacial score (nSPS) is 12.0. The number of aryl methyl sites for hydroxylation is 2. The number of hydrogen-bond acceptors (Lipinski definition) is 5. The lowest BCUT2D eigenvalue weighted by molar-refractivity contribution is 0.393. The number of methoxy groups -OCH3 is 2. The van der Waals surface area contributed by atoms with Gasteiger partial charge < -0.3 is 15.2 Å². The maximum atomic E-state index is 6.43. The van der Waals surface area contributed by atoms with Gasteiger partial charge in [-0.3, -0.25) is 0 Å². The van der Waals surface area contributed by atoms with Crippen molar-refractivity contribution in [2.45, 2.75) is 26.3 Å². The molecule has 5 heteroatoms. The monoisotopic (exact) mass is 287 g/mol. The Morgan fingerprint density at radius 2 is 1.67 bits per heavy atom. The second-order valence-corrected chi connectivity index (χ2v) is 4.86. The van der Waals surface area contributed by atoms with Crippen LogP contribution in [0.4, 0.5) is 0 Å². The molecule has 112 valence electrons. The van der Waals surface area contributed by atoms with Gasteiger partial charge in [0, 0.05) is 6.07 Å². The minimum absolute atomic E-state index is 0.293. The van der Waals surface area contributed by atoms with Crippen molar-refractivity contribution >= 4 is 0 Å². The van der Waals surface area contributed by atoms with Crippen LogP contribution in [-0.4, -0.2) is 24.4 Å². The molecule has 2 rings (SSSR count). The largest absolute Gasteiger partial charge is 0.497 e. The van der Waals surface area contributed by atoms with Crippen LogP contribution >= 0.6 is 0 Å². The molecule has 0 bridgehead atoms. The molecule has 0 spiro atoms. The van der Waals surface area contributed by atoms with Crippen molar-refractivity contribution in [1.29, 1.82) is 0 Å². The van der Waals surface area contributed by atoms with Gasteiger partial charge >= 0.3 is 0 Å². The molecule has 1 heterocycles. The topological polar surface area (TPSA) is 70.3 Å². The Balaban J connectivity index is 2.48. The number of hydrogen-bond donors (Lipinski definition) is 1. The highest BCUT2D eigenvalue weighted by molar-refractivity contribution is 5.43. The first-order chi connectivity index (χ1) is 10.1. The second kappa shape index (κ2) is 6.54. The first kappa shape index (κ1) is 15.3. The molecule has 0 aliphatic heterocycles. The van der Waals surface area contributed by atoms with E-state index in [4.69, 9.17) is 15.2 Å². The number of nitrogens with zero attached hydrogens (tertiary/aromatic N) is 2. The zero-order chi connectivity index (χ0) is 15.4. The molecule has 1 aromatic carbocycles. The van der Waals surface area contributed by atoms with Crippen molar-refractivity contribution in [3.8, 4) is 11.5 Å². The highest BCUT2D eigenvalue weighted by atomic mass is 16.5. The molecule has 2 aromatic rings. The van der Waals surface area contributed by atoms with Gasteiger partial charge in [-0.2, -0.15) is 10.2 Å². The molecular weight excluding hydrogens is 266 g/mol. The van der Waals surface area contributed by atoms with Gasteiger partial charge in [0.2, 0.25) is 0 Å². The van der Waals surface area contributed by atoms with E-state index in [1.807, 2.05) is 38.1 Å². The van der Waals surface area contributed by atoms with Crippen molar-refractivity contribution in [2.75, 3.05) is 14.2 Å². The fourth-order valence-electron chi connectivity index (χ4n) is 2.27. The molecule has 0 radical (unpaired) electrons. The summed E-state index contributed by atoms with van der Waals surface area (Å²) < 4.78 is 10.6. The van der Waals surface area contributed by atoms with E-state index in [1.54, 1.807) is 14.2 Å². The summed E-state index contributed by atoms with van der Waals surface area (Å²) in [4.78, 5) is 0. The van der Waals surface area contributed by atoms with Gasteiger partial charge in [0.15, 0.2) is 0 Å². The first-order valence-corrected chi connectivity index (χ1v) is 6.90. The fraction of sp³-hybridized carbons (Fsp3) is 0.375. The van der Waals surface area contributed by atoms with E-state index in [0.29, 0.717) is 0 Å². The molecule has 5 nitrogen and oxygen atoms in total. The Morgan fingerprint density at radius 1 is 1.05 bits per heavy atom. The summed E-state index contributed by atoms with van der Waals surface area (Å²) >= 11 is 0. The van der Waals surface area contributed by atoms with E-state index in [2.05, 4.69) is 10.2 Å². The zero-order valence-electron chi connectivity index (χ0n) is 12.9. The zero-order valence-corrected chi connectivity index (χ0v) is 12.9. The Morgan fingerprint density at radius 3 is 2.19 bits per heavy atom.